The lowest BCUT2D eigenvalue weighted by atomic mass is 10.1. The van der Waals surface area contributed by atoms with Gasteiger partial charge in [0.25, 0.3) is 0 Å². The molecule has 0 aliphatic carbocycles. The standard InChI is InChI=1S/C15H21N5S/c1-10-8-20(9-12(10)19(2)3)15-13(14(16)18-21-15)11-5-4-6-17-7-11/h4-7,10,12H,8-9H2,1-3H3,(H2,16,18). The van der Waals surface area contributed by atoms with E-state index in [0.29, 0.717) is 17.8 Å². The molecule has 1 saturated heterocycles. The molecular formula is C15H21N5S. The highest BCUT2D eigenvalue weighted by atomic mass is 32.1. The fraction of sp³-hybridized carbons (Fsp3) is 0.467. The van der Waals surface area contributed by atoms with Crippen LogP contribution in [0.4, 0.5) is 10.8 Å². The SMILES string of the molecule is CC1CN(c2snc(N)c2-c2cccnc2)CC1N(C)C. The molecule has 1 aliphatic heterocycles. The number of nitrogen functional groups attached to an aromatic ring is 1. The van der Waals surface area contributed by atoms with Crippen molar-refractivity contribution in [3.8, 4) is 11.1 Å². The number of hydrogen-bond acceptors (Lipinski definition) is 6. The molecule has 112 valence electrons. The van der Waals surface area contributed by atoms with Crippen LogP contribution in [-0.4, -0.2) is 47.5 Å². The number of anilines is 2. The maximum Gasteiger partial charge on any atom is 0.147 e. The van der Waals surface area contributed by atoms with Crippen LogP contribution < -0.4 is 10.6 Å². The van der Waals surface area contributed by atoms with Crippen LogP contribution in [0.3, 0.4) is 0 Å². The van der Waals surface area contributed by atoms with Gasteiger partial charge in [-0.3, -0.25) is 4.98 Å². The highest BCUT2D eigenvalue weighted by molar-refractivity contribution is 7.11. The van der Waals surface area contributed by atoms with Crippen LogP contribution in [-0.2, 0) is 0 Å². The number of pyridine rings is 1. The summed E-state index contributed by atoms with van der Waals surface area (Å²) in [6, 6.07) is 4.54. The third-order valence-electron chi connectivity index (χ3n) is 4.17. The first-order valence-electron chi connectivity index (χ1n) is 7.15. The molecule has 2 unspecified atom stereocenters. The summed E-state index contributed by atoms with van der Waals surface area (Å²) in [4.78, 5) is 8.91. The van der Waals surface area contributed by atoms with Crippen LogP contribution in [0.25, 0.3) is 11.1 Å². The van der Waals surface area contributed by atoms with Gasteiger partial charge in [-0.25, -0.2) is 0 Å². The van der Waals surface area contributed by atoms with Gasteiger partial charge in [-0.15, -0.1) is 0 Å². The third-order valence-corrected chi connectivity index (χ3v) is 5.10. The van der Waals surface area contributed by atoms with Crippen molar-refractivity contribution in [2.45, 2.75) is 13.0 Å². The molecule has 6 heteroatoms. The van der Waals surface area contributed by atoms with Crippen molar-refractivity contribution in [2.75, 3.05) is 37.8 Å². The molecule has 1 aliphatic rings. The van der Waals surface area contributed by atoms with Crippen LogP contribution in [0.2, 0.25) is 0 Å². The van der Waals surface area contributed by atoms with E-state index < -0.39 is 0 Å². The largest absolute Gasteiger partial charge is 0.382 e. The first-order valence-corrected chi connectivity index (χ1v) is 7.92. The zero-order valence-electron chi connectivity index (χ0n) is 12.7. The van der Waals surface area contributed by atoms with E-state index in [0.717, 1.165) is 29.2 Å². The summed E-state index contributed by atoms with van der Waals surface area (Å²) in [6.45, 7) is 4.36. The monoisotopic (exact) mass is 303 g/mol. The molecule has 2 aromatic rings. The Morgan fingerprint density at radius 3 is 2.81 bits per heavy atom. The lowest BCUT2D eigenvalue weighted by Gasteiger charge is -2.22. The molecule has 0 spiro atoms. The first kappa shape index (κ1) is 14.3. The normalized spacial score (nSPS) is 22.2. The fourth-order valence-corrected chi connectivity index (χ4v) is 3.93. The Balaban J connectivity index is 1.95. The van der Waals surface area contributed by atoms with Crippen molar-refractivity contribution in [2.24, 2.45) is 5.92 Å². The quantitative estimate of drug-likeness (QED) is 0.942. The molecule has 5 nitrogen and oxygen atoms in total. The van der Waals surface area contributed by atoms with Crippen molar-refractivity contribution < 1.29 is 0 Å². The van der Waals surface area contributed by atoms with Gasteiger partial charge in [0.1, 0.15) is 10.8 Å². The molecule has 2 aromatic heterocycles. The van der Waals surface area contributed by atoms with Crippen molar-refractivity contribution >= 4 is 22.4 Å². The minimum absolute atomic E-state index is 0.565. The molecule has 0 aromatic carbocycles. The van der Waals surface area contributed by atoms with Gasteiger partial charge in [0.15, 0.2) is 0 Å². The van der Waals surface area contributed by atoms with Crippen LogP contribution in [0.1, 0.15) is 6.92 Å². The molecule has 0 radical (unpaired) electrons. The second-order valence-corrected chi connectivity index (χ2v) is 6.65. The topological polar surface area (TPSA) is 58.3 Å². The molecule has 2 atom stereocenters. The van der Waals surface area contributed by atoms with Gasteiger partial charge >= 0.3 is 0 Å². The molecule has 0 amide bonds. The summed E-state index contributed by atoms with van der Waals surface area (Å²) in [5.41, 5.74) is 8.17. The minimum Gasteiger partial charge on any atom is -0.382 e. The predicted molar refractivity (Wildman–Crippen MR) is 88.6 cm³/mol. The van der Waals surface area contributed by atoms with Gasteiger partial charge in [0.2, 0.25) is 0 Å². The van der Waals surface area contributed by atoms with E-state index in [4.69, 9.17) is 5.73 Å². The Labute approximate surface area is 129 Å². The van der Waals surface area contributed by atoms with Crippen molar-refractivity contribution in [3.63, 3.8) is 0 Å². The number of rotatable bonds is 3. The molecule has 0 saturated carbocycles. The predicted octanol–water partition coefficient (Wildman–Crippen LogP) is 2.17. The van der Waals surface area contributed by atoms with E-state index in [1.54, 1.807) is 6.20 Å². The Hall–Kier alpha value is -1.66. The fourth-order valence-electron chi connectivity index (χ4n) is 3.08. The summed E-state index contributed by atoms with van der Waals surface area (Å²) in [5.74, 6) is 1.23. The van der Waals surface area contributed by atoms with Gasteiger partial charge in [0.05, 0.1) is 5.56 Å². The summed E-state index contributed by atoms with van der Waals surface area (Å²) in [7, 11) is 4.29. The van der Waals surface area contributed by atoms with Crippen LogP contribution in [0.5, 0.6) is 0 Å². The van der Waals surface area contributed by atoms with E-state index in [1.807, 2.05) is 18.3 Å². The molecule has 21 heavy (non-hydrogen) atoms. The van der Waals surface area contributed by atoms with E-state index >= 15 is 0 Å². The number of hydrogen-bond donors (Lipinski definition) is 1. The second-order valence-electron chi connectivity index (χ2n) is 5.90. The molecule has 3 rings (SSSR count). The van der Waals surface area contributed by atoms with Gasteiger partial charge in [0, 0.05) is 37.1 Å². The average molecular weight is 303 g/mol. The van der Waals surface area contributed by atoms with Crippen molar-refractivity contribution in [1.82, 2.24) is 14.3 Å². The van der Waals surface area contributed by atoms with Gasteiger partial charge in [-0.1, -0.05) is 13.0 Å². The highest BCUT2D eigenvalue weighted by Gasteiger charge is 2.33. The number of likely N-dealkylation sites (N-methyl/N-ethyl adjacent to an activating group) is 1. The first-order chi connectivity index (χ1) is 10.1. The number of nitrogens with zero attached hydrogens (tertiary/aromatic N) is 4. The number of aromatic nitrogens is 2. The minimum atomic E-state index is 0.565. The maximum absolute atomic E-state index is 6.10. The van der Waals surface area contributed by atoms with E-state index in [1.165, 1.54) is 11.5 Å². The van der Waals surface area contributed by atoms with E-state index in [9.17, 15) is 0 Å². The molecule has 1 fully saturated rings. The van der Waals surface area contributed by atoms with Gasteiger partial charge in [-0.2, -0.15) is 4.37 Å². The average Bonchev–Trinajstić information content (AvgIpc) is 3.03. The van der Waals surface area contributed by atoms with Crippen molar-refractivity contribution in [3.05, 3.63) is 24.5 Å². The van der Waals surface area contributed by atoms with Gasteiger partial charge < -0.3 is 15.5 Å². The molecule has 0 bridgehead atoms. The summed E-state index contributed by atoms with van der Waals surface area (Å²) in [5, 5.41) is 1.16. The second kappa shape index (κ2) is 5.61. The zero-order chi connectivity index (χ0) is 15.0. The Bertz CT molecular complexity index is 610. The van der Waals surface area contributed by atoms with Gasteiger partial charge in [-0.05, 0) is 37.6 Å². The van der Waals surface area contributed by atoms with E-state index in [-0.39, 0.29) is 0 Å². The Morgan fingerprint density at radius 2 is 2.19 bits per heavy atom. The van der Waals surface area contributed by atoms with E-state index in [2.05, 4.69) is 40.2 Å². The Kier molecular flexibility index (Phi) is 3.82. The summed E-state index contributed by atoms with van der Waals surface area (Å²) < 4.78 is 4.37. The Morgan fingerprint density at radius 1 is 1.38 bits per heavy atom. The molecule has 3 heterocycles. The van der Waals surface area contributed by atoms with Crippen LogP contribution >= 0.6 is 11.5 Å². The lowest BCUT2D eigenvalue weighted by molar-refractivity contribution is 0.266. The third kappa shape index (κ3) is 2.61. The van der Waals surface area contributed by atoms with Crippen molar-refractivity contribution in [1.29, 1.82) is 0 Å². The lowest BCUT2D eigenvalue weighted by Crippen LogP contribution is -2.34. The molecule has 2 N–H and O–H groups in total. The molecular weight excluding hydrogens is 282 g/mol. The highest BCUT2D eigenvalue weighted by Crippen LogP contribution is 2.41. The zero-order valence-corrected chi connectivity index (χ0v) is 13.5. The summed E-state index contributed by atoms with van der Waals surface area (Å²) in [6.07, 6.45) is 3.63. The van der Waals surface area contributed by atoms with Crippen LogP contribution in [0.15, 0.2) is 24.5 Å². The van der Waals surface area contributed by atoms with Crippen LogP contribution in [0, 0.1) is 5.92 Å². The summed E-state index contributed by atoms with van der Waals surface area (Å²) >= 11 is 1.49. The number of nitrogens with two attached hydrogens (primary N) is 1. The maximum atomic E-state index is 6.10. The smallest absolute Gasteiger partial charge is 0.147 e.